The minimum Gasteiger partial charge on any atom is -0.480 e. The molecule has 0 radical (unpaired) electrons. The van der Waals surface area contributed by atoms with Gasteiger partial charge in [-0.15, -0.1) is 0 Å². The van der Waals surface area contributed by atoms with Crippen LogP contribution >= 0.6 is 0 Å². The highest BCUT2D eigenvalue weighted by Crippen LogP contribution is 2.10. The van der Waals surface area contributed by atoms with Gasteiger partial charge in [-0.3, -0.25) is 19.4 Å². The summed E-state index contributed by atoms with van der Waals surface area (Å²) in [5.41, 5.74) is 0. The second-order valence-corrected chi connectivity index (χ2v) is 11.3. The molecule has 8 heteroatoms. The summed E-state index contributed by atoms with van der Waals surface area (Å²) in [6.07, 6.45) is 19.0. The third-order valence-electron chi connectivity index (χ3n) is 7.80. The molecular formula is C30H60N4O4. The van der Waals surface area contributed by atoms with E-state index in [0.29, 0.717) is 0 Å². The molecule has 0 aromatic heterocycles. The number of nitrogens with zero attached hydrogens (tertiary/aromatic N) is 4. The normalized spacial score (nSPS) is 17.7. The van der Waals surface area contributed by atoms with Gasteiger partial charge in [-0.25, -0.2) is 0 Å². The van der Waals surface area contributed by atoms with Crippen LogP contribution in [-0.2, 0) is 9.59 Å². The van der Waals surface area contributed by atoms with Gasteiger partial charge < -0.3 is 20.0 Å². The van der Waals surface area contributed by atoms with E-state index >= 15 is 0 Å². The molecule has 8 nitrogen and oxygen atoms in total. The molecule has 0 saturated carbocycles. The predicted molar refractivity (Wildman–Crippen MR) is 157 cm³/mol. The molecule has 0 spiro atoms. The predicted octanol–water partition coefficient (Wildman–Crippen LogP) is 4.88. The number of carbonyl (C=O) groups is 2. The third-order valence-corrected chi connectivity index (χ3v) is 7.80. The molecule has 0 unspecified atom stereocenters. The van der Waals surface area contributed by atoms with Crippen LogP contribution in [-0.4, -0.2) is 120 Å². The number of hydrogen-bond acceptors (Lipinski definition) is 6. The summed E-state index contributed by atoms with van der Waals surface area (Å²) in [7, 11) is 0. The number of rotatable bonds is 20. The Bertz CT molecular complexity index is 527. The summed E-state index contributed by atoms with van der Waals surface area (Å²) in [4.78, 5) is 30.2. The first-order valence-electron chi connectivity index (χ1n) is 15.8. The lowest BCUT2D eigenvalue weighted by Gasteiger charge is -2.33. The molecule has 224 valence electrons. The summed E-state index contributed by atoms with van der Waals surface area (Å²) in [6, 6.07) is 0. The maximum Gasteiger partial charge on any atom is 0.317 e. The fourth-order valence-corrected chi connectivity index (χ4v) is 5.31. The topological polar surface area (TPSA) is 87.6 Å². The number of carboxylic acid groups (broad SMARTS) is 2. The van der Waals surface area contributed by atoms with Crippen LogP contribution in [0.15, 0.2) is 0 Å². The quantitative estimate of drug-likeness (QED) is 0.211. The highest BCUT2D eigenvalue weighted by atomic mass is 16.4. The first-order chi connectivity index (χ1) is 18.4. The summed E-state index contributed by atoms with van der Waals surface area (Å²) in [5, 5.41) is 17.5. The molecule has 2 aliphatic rings. The SMILES string of the molecule is CCCCCCCCCN1CCN(CC(=O)O)CC1.CCCCCCCCCN1CCN(CC(=O)O)CC1. The Morgan fingerprint density at radius 2 is 0.711 bits per heavy atom. The van der Waals surface area contributed by atoms with E-state index in [1.807, 2.05) is 9.80 Å². The summed E-state index contributed by atoms with van der Waals surface area (Å²) >= 11 is 0. The lowest BCUT2D eigenvalue weighted by molar-refractivity contribution is -0.139. The average molecular weight is 541 g/mol. The molecule has 0 aromatic carbocycles. The largest absolute Gasteiger partial charge is 0.480 e. The van der Waals surface area contributed by atoms with Gasteiger partial charge >= 0.3 is 11.9 Å². The molecule has 2 saturated heterocycles. The maximum absolute atomic E-state index is 10.6. The zero-order valence-electron chi connectivity index (χ0n) is 24.9. The van der Waals surface area contributed by atoms with Crippen molar-refractivity contribution in [3.63, 3.8) is 0 Å². The standard InChI is InChI=1S/2C15H30N2O2/c2*1-2-3-4-5-6-7-8-9-16-10-12-17(13-11-16)14-15(18)19/h2*2-14H2,1H3,(H,18,19). The van der Waals surface area contributed by atoms with E-state index in [-0.39, 0.29) is 13.1 Å². The second kappa shape index (κ2) is 23.6. The molecule has 0 bridgehead atoms. The summed E-state index contributed by atoms with van der Waals surface area (Å²) < 4.78 is 0. The van der Waals surface area contributed by atoms with Crippen molar-refractivity contribution < 1.29 is 19.8 Å². The van der Waals surface area contributed by atoms with Gasteiger partial charge in [0.05, 0.1) is 13.1 Å². The minimum atomic E-state index is -0.708. The lowest BCUT2D eigenvalue weighted by Crippen LogP contribution is -2.48. The van der Waals surface area contributed by atoms with Crippen LogP contribution in [0.1, 0.15) is 104 Å². The van der Waals surface area contributed by atoms with Gasteiger partial charge in [0.2, 0.25) is 0 Å². The maximum atomic E-state index is 10.6. The summed E-state index contributed by atoms with van der Waals surface area (Å²) in [6.45, 7) is 15.0. The number of carboxylic acids is 2. The van der Waals surface area contributed by atoms with Crippen LogP contribution in [0.2, 0.25) is 0 Å². The van der Waals surface area contributed by atoms with Crippen LogP contribution in [0.25, 0.3) is 0 Å². The van der Waals surface area contributed by atoms with Gasteiger partial charge in [-0.1, -0.05) is 90.9 Å². The van der Waals surface area contributed by atoms with E-state index in [1.54, 1.807) is 0 Å². The highest BCUT2D eigenvalue weighted by molar-refractivity contribution is 5.69. The zero-order chi connectivity index (χ0) is 27.8. The Labute approximate surface area is 233 Å². The molecule has 0 aliphatic carbocycles. The Balaban J connectivity index is 0.000000380. The van der Waals surface area contributed by atoms with E-state index in [4.69, 9.17) is 10.2 Å². The molecule has 2 N–H and O–H groups in total. The van der Waals surface area contributed by atoms with Crippen LogP contribution < -0.4 is 0 Å². The Hall–Kier alpha value is -1.22. The molecule has 2 heterocycles. The smallest absolute Gasteiger partial charge is 0.317 e. The molecule has 2 fully saturated rings. The molecule has 0 aromatic rings. The van der Waals surface area contributed by atoms with Crippen molar-refractivity contribution in [2.45, 2.75) is 104 Å². The van der Waals surface area contributed by atoms with Gasteiger partial charge in [0.1, 0.15) is 0 Å². The van der Waals surface area contributed by atoms with Gasteiger partial charge in [-0.05, 0) is 25.9 Å². The fourth-order valence-electron chi connectivity index (χ4n) is 5.31. The molecule has 0 amide bonds. The van der Waals surface area contributed by atoms with E-state index < -0.39 is 11.9 Å². The first-order valence-corrected chi connectivity index (χ1v) is 15.8. The number of hydrogen-bond donors (Lipinski definition) is 2. The molecular weight excluding hydrogens is 480 g/mol. The zero-order valence-corrected chi connectivity index (χ0v) is 24.9. The van der Waals surface area contributed by atoms with Gasteiger partial charge in [0.25, 0.3) is 0 Å². The van der Waals surface area contributed by atoms with E-state index in [9.17, 15) is 9.59 Å². The van der Waals surface area contributed by atoms with Crippen molar-refractivity contribution in [2.24, 2.45) is 0 Å². The lowest BCUT2D eigenvalue weighted by atomic mass is 10.1. The van der Waals surface area contributed by atoms with Crippen molar-refractivity contribution in [3.05, 3.63) is 0 Å². The van der Waals surface area contributed by atoms with Gasteiger partial charge in [-0.2, -0.15) is 0 Å². The van der Waals surface area contributed by atoms with Crippen molar-refractivity contribution in [1.82, 2.24) is 19.6 Å². The number of aliphatic carboxylic acids is 2. The van der Waals surface area contributed by atoms with Crippen molar-refractivity contribution in [2.75, 3.05) is 78.5 Å². The minimum absolute atomic E-state index is 0.200. The highest BCUT2D eigenvalue weighted by Gasteiger charge is 2.19. The Morgan fingerprint density at radius 1 is 0.447 bits per heavy atom. The van der Waals surface area contributed by atoms with Crippen LogP contribution in [0.4, 0.5) is 0 Å². The fraction of sp³-hybridized carbons (Fsp3) is 0.933. The Morgan fingerprint density at radius 3 is 1.00 bits per heavy atom. The first kappa shape index (κ1) is 34.8. The van der Waals surface area contributed by atoms with Crippen LogP contribution in [0, 0.1) is 0 Å². The molecule has 0 atom stereocenters. The average Bonchev–Trinajstić information content (AvgIpc) is 2.89. The Kier molecular flexibility index (Phi) is 21.7. The second-order valence-electron chi connectivity index (χ2n) is 11.3. The number of unbranched alkanes of at least 4 members (excludes halogenated alkanes) is 12. The van der Waals surface area contributed by atoms with E-state index in [1.165, 1.54) is 103 Å². The van der Waals surface area contributed by atoms with E-state index in [2.05, 4.69) is 23.6 Å². The van der Waals surface area contributed by atoms with Crippen molar-refractivity contribution in [1.29, 1.82) is 0 Å². The van der Waals surface area contributed by atoms with E-state index in [0.717, 1.165) is 52.4 Å². The molecule has 2 rings (SSSR count). The number of piperazine rings is 2. The van der Waals surface area contributed by atoms with Gasteiger partial charge in [0, 0.05) is 52.4 Å². The van der Waals surface area contributed by atoms with Crippen molar-refractivity contribution >= 4 is 11.9 Å². The molecule has 2 aliphatic heterocycles. The van der Waals surface area contributed by atoms with Crippen molar-refractivity contribution in [3.8, 4) is 0 Å². The monoisotopic (exact) mass is 540 g/mol. The third kappa shape index (κ3) is 19.8. The van der Waals surface area contributed by atoms with Crippen LogP contribution in [0.5, 0.6) is 0 Å². The van der Waals surface area contributed by atoms with Crippen LogP contribution in [0.3, 0.4) is 0 Å². The van der Waals surface area contributed by atoms with Gasteiger partial charge in [0.15, 0.2) is 0 Å². The molecule has 38 heavy (non-hydrogen) atoms. The summed E-state index contributed by atoms with van der Waals surface area (Å²) in [5.74, 6) is -1.42.